The first-order chi connectivity index (χ1) is 14.8. The number of ether oxygens (including phenoxy) is 2. The number of hydrogen-bond donors (Lipinski definition) is 1. The number of nitrogens with zero attached hydrogens (tertiary/aromatic N) is 1. The second kappa shape index (κ2) is 10.0. The lowest BCUT2D eigenvalue weighted by Crippen LogP contribution is -2.17. The average molecular weight is 450 g/mol. The summed E-state index contributed by atoms with van der Waals surface area (Å²) in [6.45, 7) is 2.36. The van der Waals surface area contributed by atoms with Crippen molar-refractivity contribution in [3.8, 4) is 5.75 Å². The van der Waals surface area contributed by atoms with Gasteiger partial charge in [0.15, 0.2) is 0 Å². The fourth-order valence-electron chi connectivity index (χ4n) is 2.88. The number of pyridine rings is 1. The van der Waals surface area contributed by atoms with Gasteiger partial charge in [-0.1, -0.05) is 30.0 Å². The summed E-state index contributed by atoms with van der Waals surface area (Å²) in [5.74, 6) is -0.338. The lowest BCUT2D eigenvalue weighted by atomic mass is 10.1. The van der Waals surface area contributed by atoms with E-state index in [4.69, 9.17) is 9.47 Å². The van der Waals surface area contributed by atoms with Gasteiger partial charge in [-0.15, -0.1) is 0 Å². The van der Waals surface area contributed by atoms with Crippen LogP contribution in [0.1, 0.15) is 11.1 Å². The molecule has 0 saturated heterocycles. The van der Waals surface area contributed by atoms with Gasteiger partial charge in [0.05, 0.1) is 34.2 Å². The number of aromatic nitrogens is 1. The minimum atomic E-state index is -4.54. The zero-order chi connectivity index (χ0) is 22.4. The summed E-state index contributed by atoms with van der Waals surface area (Å²) in [4.78, 5) is 17.0. The minimum absolute atomic E-state index is 0.0153. The van der Waals surface area contributed by atoms with Crippen molar-refractivity contribution in [1.29, 1.82) is 0 Å². The summed E-state index contributed by atoms with van der Waals surface area (Å²) in [7, 11) is 1.48. The number of para-hydroxylation sites is 1. The number of thioether (sulfide) groups is 1. The highest BCUT2D eigenvalue weighted by atomic mass is 32.2. The molecule has 0 aliphatic heterocycles. The maximum atomic E-state index is 13.1. The van der Waals surface area contributed by atoms with Crippen LogP contribution in [-0.4, -0.2) is 37.0 Å². The van der Waals surface area contributed by atoms with Crippen molar-refractivity contribution in [3.63, 3.8) is 0 Å². The second-order valence-electron chi connectivity index (χ2n) is 6.68. The maximum absolute atomic E-state index is 13.1. The number of nitrogens with one attached hydrogen (secondary N) is 1. The topological polar surface area (TPSA) is 60.5 Å². The van der Waals surface area contributed by atoms with Crippen LogP contribution in [0.4, 0.5) is 18.9 Å². The number of methoxy groups -OCH3 is 1. The number of benzene rings is 2. The van der Waals surface area contributed by atoms with Gasteiger partial charge >= 0.3 is 6.18 Å². The van der Waals surface area contributed by atoms with Gasteiger partial charge in [0.25, 0.3) is 0 Å². The molecule has 9 heteroatoms. The predicted molar refractivity (Wildman–Crippen MR) is 115 cm³/mol. The highest BCUT2D eigenvalue weighted by Gasteiger charge is 2.31. The van der Waals surface area contributed by atoms with Crippen LogP contribution < -0.4 is 10.1 Å². The largest absolute Gasteiger partial charge is 0.489 e. The van der Waals surface area contributed by atoms with Crippen molar-refractivity contribution in [2.45, 2.75) is 18.1 Å². The van der Waals surface area contributed by atoms with Crippen molar-refractivity contribution in [3.05, 3.63) is 59.7 Å². The molecule has 3 rings (SSSR count). The summed E-state index contributed by atoms with van der Waals surface area (Å²) in [5.41, 5.74) is 0.929. The quantitative estimate of drug-likeness (QED) is 0.372. The number of alkyl halides is 3. The Kier molecular flexibility index (Phi) is 7.40. The second-order valence-corrected chi connectivity index (χ2v) is 7.68. The highest BCUT2D eigenvalue weighted by Crippen LogP contribution is 2.35. The van der Waals surface area contributed by atoms with E-state index in [2.05, 4.69) is 10.3 Å². The summed E-state index contributed by atoms with van der Waals surface area (Å²) in [5, 5.41) is 4.20. The summed E-state index contributed by atoms with van der Waals surface area (Å²) >= 11 is 1.21. The third-order valence-electron chi connectivity index (χ3n) is 4.38. The van der Waals surface area contributed by atoms with Gasteiger partial charge in [-0.3, -0.25) is 4.79 Å². The van der Waals surface area contributed by atoms with E-state index in [1.807, 2.05) is 37.3 Å². The molecule has 0 saturated carbocycles. The molecule has 0 unspecified atom stereocenters. The molecule has 1 heterocycles. The molecule has 0 radical (unpaired) electrons. The molecule has 0 bridgehead atoms. The van der Waals surface area contributed by atoms with Crippen molar-refractivity contribution in [1.82, 2.24) is 4.98 Å². The molecule has 5 nitrogen and oxygen atoms in total. The van der Waals surface area contributed by atoms with Crippen LogP contribution in [0, 0.1) is 6.92 Å². The van der Waals surface area contributed by atoms with E-state index in [0.717, 1.165) is 28.6 Å². The Morgan fingerprint density at radius 2 is 1.90 bits per heavy atom. The molecule has 0 fully saturated rings. The number of anilines is 1. The highest BCUT2D eigenvalue weighted by molar-refractivity contribution is 7.99. The van der Waals surface area contributed by atoms with Crippen molar-refractivity contribution in [2.75, 3.05) is 31.4 Å². The van der Waals surface area contributed by atoms with Crippen LogP contribution in [0.15, 0.2) is 53.6 Å². The Labute approximate surface area is 182 Å². The van der Waals surface area contributed by atoms with Crippen molar-refractivity contribution >= 4 is 34.3 Å². The molecule has 0 spiro atoms. The number of halogens is 3. The van der Waals surface area contributed by atoms with Gasteiger partial charge in [-0.05, 0) is 42.8 Å². The number of carbonyl (C=O) groups excluding carboxylic acids is 1. The zero-order valence-corrected chi connectivity index (χ0v) is 17.8. The van der Waals surface area contributed by atoms with Crippen LogP contribution in [0.3, 0.4) is 0 Å². The van der Waals surface area contributed by atoms with Gasteiger partial charge in [-0.2, -0.15) is 13.2 Å². The first-order valence-corrected chi connectivity index (χ1v) is 10.4. The van der Waals surface area contributed by atoms with E-state index in [1.165, 1.54) is 24.9 Å². The fraction of sp³-hybridized carbons (Fsp3) is 0.273. The van der Waals surface area contributed by atoms with Gasteiger partial charge in [0.1, 0.15) is 12.4 Å². The third kappa shape index (κ3) is 6.11. The third-order valence-corrected chi connectivity index (χ3v) is 5.29. The summed E-state index contributed by atoms with van der Waals surface area (Å²) in [6, 6.07) is 12.5. The molecule has 3 aromatic rings. The smallest absolute Gasteiger partial charge is 0.416 e. The SMILES string of the molecule is COCCOc1ccc(C(F)(F)F)cc1NC(=O)CSc1cc(C)c2ccccc2n1. The van der Waals surface area contributed by atoms with Gasteiger partial charge in [0, 0.05) is 12.5 Å². The molecule has 1 amide bonds. The van der Waals surface area contributed by atoms with Crippen molar-refractivity contribution in [2.24, 2.45) is 0 Å². The van der Waals surface area contributed by atoms with Crippen LogP contribution in [0.5, 0.6) is 5.75 Å². The fourth-order valence-corrected chi connectivity index (χ4v) is 3.66. The van der Waals surface area contributed by atoms with Crippen LogP contribution in [0.25, 0.3) is 10.9 Å². The normalized spacial score (nSPS) is 11.5. The van der Waals surface area contributed by atoms with Crippen LogP contribution in [-0.2, 0) is 15.7 Å². The van der Waals surface area contributed by atoms with E-state index in [-0.39, 0.29) is 30.4 Å². The van der Waals surface area contributed by atoms with E-state index in [0.29, 0.717) is 5.03 Å². The Bertz CT molecular complexity index is 1070. The van der Waals surface area contributed by atoms with E-state index in [9.17, 15) is 18.0 Å². The Morgan fingerprint density at radius 1 is 1.13 bits per heavy atom. The summed E-state index contributed by atoms with van der Waals surface area (Å²) in [6.07, 6.45) is -4.54. The molecule has 164 valence electrons. The molecule has 31 heavy (non-hydrogen) atoms. The predicted octanol–water partition coefficient (Wildman–Crippen LogP) is 5.32. The van der Waals surface area contributed by atoms with Crippen molar-refractivity contribution < 1.29 is 27.4 Å². The average Bonchev–Trinajstić information content (AvgIpc) is 2.73. The van der Waals surface area contributed by atoms with Gasteiger partial charge in [0.2, 0.25) is 5.91 Å². The molecule has 0 aliphatic carbocycles. The number of carbonyl (C=O) groups is 1. The monoisotopic (exact) mass is 450 g/mol. The summed E-state index contributed by atoms with van der Waals surface area (Å²) < 4.78 is 49.6. The van der Waals surface area contributed by atoms with E-state index < -0.39 is 17.6 Å². The van der Waals surface area contributed by atoms with Gasteiger partial charge in [-0.25, -0.2) is 4.98 Å². The van der Waals surface area contributed by atoms with Gasteiger partial charge < -0.3 is 14.8 Å². The number of aryl methyl sites for hydroxylation is 1. The van der Waals surface area contributed by atoms with Crippen LogP contribution >= 0.6 is 11.8 Å². The van der Waals surface area contributed by atoms with E-state index in [1.54, 1.807) is 0 Å². The zero-order valence-electron chi connectivity index (χ0n) is 17.0. The Balaban J connectivity index is 1.72. The lowest BCUT2D eigenvalue weighted by Gasteiger charge is -2.15. The molecule has 1 N–H and O–H groups in total. The minimum Gasteiger partial charge on any atom is -0.489 e. The van der Waals surface area contributed by atoms with Crippen LogP contribution in [0.2, 0.25) is 0 Å². The molecular formula is C22H21F3N2O3S. The number of amides is 1. The molecule has 1 aromatic heterocycles. The van der Waals surface area contributed by atoms with E-state index >= 15 is 0 Å². The molecule has 0 aliphatic rings. The number of hydrogen-bond acceptors (Lipinski definition) is 5. The Morgan fingerprint density at radius 3 is 2.65 bits per heavy atom. The number of rotatable bonds is 8. The first kappa shape index (κ1) is 22.9. The first-order valence-electron chi connectivity index (χ1n) is 9.40. The standard InChI is InChI=1S/C22H21F3N2O3S/c1-14-11-21(27-17-6-4-3-5-16(14)17)31-13-20(28)26-18-12-15(22(23,24)25)7-8-19(18)30-10-9-29-2/h3-8,11-12H,9-10,13H2,1-2H3,(H,26,28). The maximum Gasteiger partial charge on any atom is 0.416 e. The molecule has 0 atom stereocenters. The number of fused-ring (bicyclic) bond motifs is 1. The molecule has 2 aromatic carbocycles. The Hall–Kier alpha value is -2.78. The lowest BCUT2D eigenvalue weighted by molar-refractivity contribution is -0.137. The molecular weight excluding hydrogens is 429 g/mol.